The Morgan fingerprint density at radius 3 is 2.69 bits per heavy atom. The van der Waals surface area contributed by atoms with Gasteiger partial charge in [0.1, 0.15) is 5.56 Å². The van der Waals surface area contributed by atoms with Crippen LogP contribution in [0.5, 0.6) is 0 Å². The maximum atomic E-state index is 10.9. The molecule has 0 spiro atoms. The number of nitro groups is 1. The van der Waals surface area contributed by atoms with Crippen LogP contribution in [0.25, 0.3) is 0 Å². The monoisotopic (exact) mass is 243 g/mol. The van der Waals surface area contributed by atoms with Crippen LogP contribution in [0.3, 0.4) is 0 Å². The summed E-state index contributed by atoms with van der Waals surface area (Å²) < 4.78 is 10.6. The van der Waals surface area contributed by atoms with Crippen LogP contribution in [0.1, 0.15) is 18.3 Å². The molecule has 1 aromatic rings. The first-order valence-corrected chi connectivity index (χ1v) is 5.24. The highest BCUT2D eigenvalue weighted by atomic mass is 35.5. The summed E-state index contributed by atoms with van der Waals surface area (Å²) in [5.74, 6) is 0. The molecule has 0 bridgehead atoms. The largest absolute Gasteiger partial charge is 0.348 e. The maximum Gasteiger partial charge on any atom is 0.279 e. The zero-order chi connectivity index (χ0) is 11.5. The molecule has 0 amide bonds. The van der Waals surface area contributed by atoms with Crippen molar-refractivity contribution in [3.05, 3.63) is 38.9 Å². The van der Waals surface area contributed by atoms with Crippen LogP contribution in [-0.4, -0.2) is 18.1 Å². The van der Waals surface area contributed by atoms with Crippen LogP contribution in [0.15, 0.2) is 18.2 Å². The number of hydrogen-bond acceptors (Lipinski definition) is 4. The quantitative estimate of drug-likeness (QED) is 0.592. The van der Waals surface area contributed by atoms with Gasteiger partial charge < -0.3 is 9.47 Å². The van der Waals surface area contributed by atoms with Crippen molar-refractivity contribution in [2.75, 3.05) is 13.2 Å². The first-order valence-electron chi connectivity index (χ1n) is 4.86. The summed E-state index contributed by atoms with van der Waals surface area (Å²) in [6.45, 7) is 1.04. The van der Waals surface area contributed by atoms with E-state index in [0.717, 1.165) is 6.42 Å². The van der Waals surface area contributed by atoms with Crippen LogP contribution < -0.4 is 0 Å². The zero-order valence-electron chi connectivity index (χ0n) is 8.39. The predicted octanol–water partition coefficient (Wildman–Crippen LogP) is 2.68. The van der Waals surface area contributed by atoms with Crippen molar-refractivity contribution in [1.29, 1.82) is 0 Å². The molecule has 0 aromatic heterocycles. The van der Waals surface area contributed by atoms with Crippen molar-refractivity contribution >= 4 is 17.3 Å². The van der Waals surface area contributed by atoms with Gasteiger partial charge in [-0.3, -0.25) is 10.1 Å². The molecule has 86 valence electrons. The molecule has 1 aromatic carbocycles. The average molecular weight is 244 g/mol. The van der Waals surface area contributed by atoms with Crippen LogP contribution >= 0.6 is 11.6 Å². The summed E-state index contributed by atoms with van der Waals surface area (Å²) in [5, 5.41) is 11.1. The molecule has 1 heterocycles. The second-order valence-electron chi connectivity index (χ2n) is 3.36. The summed E-state index contributed by atoms with van der Waals surface area (Å²) in [4.78, 5) is 10.4. The van der Waals surface area contributed by atoms with Gasteiger partial charge in [-0.15, -0.1) is 0 Å². The van der Waals surface area contributed by atoms with Gasteiger partial charge in [-0.05, 0) is 12.5 Å². The number of halogens is 1. The average Bonchev–Trinajstić information content (AvgIpc) is 2.29. The van der Waals surface area contributed by atoms with Crippen molar-refractivity contribution in [2.45, 2.75) is 12.7 Å². The SMILES string of the molecule is O=[N+]([O-])c1cccc(Cl)c1C1OCCCO1. The fourth-order valence-electron chi connectivity index (χ4n) is 1.57. The summed E-state index contributed by atoms with van der Waals surface area (Å²) in [6.07, 6.45) is 0.0530. The number of benzene rings is 1. The number of hydrogen-bond donors (Lipinski definition) is 0. The third-order valence-electron chi connectivity index (χ3n) is 2.29. The fourth-order valence-corrected chi connectivity index (χ4v) is 1.83. The van der Waals surface area contributed by atoms with Gasteiger partial charge >= 0.3 is 0 Å². The Bertz CT molecular complexity index is 404. The molecular formula is C10H10ClNO4. The molecule has 0 N–H and O–H groups in total. The van der Waals surface area contributed by atoms with Gasteiger partial charge in [-0.25, -0.2) is 0 Å². The Kier molecular flexibility index (Phi) is 3.38. The van der Waals surface area contributed by atoms with Crippen LogP contribution in [-0.2, 0) is 9.47 Å². The second-order valence-corrected chi connectivity index (χ2v) is 3.76. The van der Waals surface area contributed by atoms with Gasteiger partial charge in [-0.2, -0.15) is 0 Å². The molecule has 1 aliphatic heterocycles. The minimum Gasteiger partial charge on any atom is -0.348 e. The molecule has 1 saturated heterocycles. The summed E-state index contributed by atoms with van der Waals surface area (Å²) in [5.41, 5.74) is 0.230. The topological polar surface area (TPSA) is 61.6 Å². The minimum absolute atomic E-state index is 0.0700. The number of nitro benzene ring substituents is 1. The van der Waals surface area contributed by atoms with Gasteiger partial charge in [0.25, 0.3) is 5.69 Å². The lowest BCUT2D eigenvalue weighted by Gasteiger charge is -2.23. The zero-order valence-corrected chi connectivity index (χ0v) is 9.14. The van der Waals surface area contributed by atoms with E-state index in [1.54, 1.807) is 6.07 Å². The van der Waals surface area contributed by atoms with Crippen LogP contribution in [0, 0.1) is 10.1 Å². The first kappa shape index (κ1) is 11.3. The molecule has 0 aliphatic carbocycles. The molecule has 2 rings (SSSR count). The highest BCUT2D eigenvalue weighted by Gasteiger charge is 2.27. The van der Waals surface area contributed by atoms with Crippen LogP contribution in [0.2, 0.25) is 5.02 Å². The van der Waals surface area contributed by atoms with E-state index >= 15 is 0 Å². The van der Waals surface area contributed by atoms with Gasteiger partial charge in [0.15, 0.2) is 6.29 Å². The van der Waals surface area contributed by atoms with Gasteiger partial charge in [0, 0.05) is 6.07 Å². The summed E-state index contributed by atoms with van der Waals surface area (Å²) >= 11 is 5.94. The predicted molar refractivity (Wildman–Crippen MR) is 57.4 cm³/mol. The van der Waals surface area contributed by atoms with E-state index in [9.17, 15) is 10.1 Å². The minimum atomic E-state index is -0.733. The van der Waals surface area contributed by atoms with Crippen molar-refractivity contribution in [3.63, 3.8) is 0 Å². The number of nitrogens with zero attached hydrogens (tertiary/aromatic N) is 1. The first-order chi connectivity index (χ1) is 7.70. The maximum absolute atomic E-state index is 10.9. The van der Waals surface area contributed by atoms with Crippen molar-refractivity contribution in [1.82, 2.24) is 0 Å². The Morgan fingerprint density at radius 2 is 2.06 bits per heavy atom. The molecule has 5 nitrogen and oxygen atoms in total. The third kappa shape index (κ3) is 2.16. The van der Waals surface area contributed by atoms with E-state index in [1.165, 1.54) is 12.1 Å². The highest BCUT2D eigenvalue weighted by Crippen LogP contribution is 2.35. The fraction of sp³-hybridized carbons (Fsp3) is 0.400. The molecule has 1 fully saturated rings. The number of ether oxygens (including phenoxy) is 2. The Hall–Kier alpha value is -1.17. The normalized spacial score (nSPS) is 17.3. The molecule has 0 atom stereocenters. The Balaban J connectivity index is 2.40. The van der Waals surface area contributed by atoms with Crippen molar-refractivity contribution in [3.8, 4) is 0 Å². The lowest BCUT2D eigenvalue weighted by molar-refractivity contribution is -0.387. The molecule has 6 heteroatoms. The van der Waals surface area contributed by atoms with E-state index in [4.69, 9.17) is 21.1 Å². The molecule has 1 aliphatic rings. The molecule has 0 saturated carbocycles. The Morgan fingerprint density at radius 1 is 1.38 bits per heavy atom. The van der Waals surface area contributed by atoms with E-state index in [2.05, 4.69) is 0 Å². The third-order valence-corrected chi connectivity index (χ3v) is 2.62. The lowest BCUT2D eigenvalue weighted by Crippen LogP contribution is -2.19. The molecule has 0 unspecified atom stereocenters. The smallest absolute Gasteiger partial charge is 0.279 e. The van der Waals surface area contributed by atoms with E-state index in [1.807, 2.05) is 0 Å². The summed E-state index contributed by atoms with van der Waals surface area (Å²) in [6, 6.07) is 4.51. The Labute approximate surface area is 97.1 Å². The van der Waals surface area contributed by atoms with Crippen molar-refractivity contribution < 1.29 is 14.4 Å². The standard InChI is InChI=1S/C10H10ClNO4/c11-7-3-1-4-8(12(13)14)9(7)10-15-5-2-6-16-10/h1,3-4,10H,2,5-6H2. The lowest BCUT2D eigenvalue weighted by atomic mass is 10.1. The van der Waals surface area contributed by atoms with E-state index in [0.29, 0.717) is 23.8 Å². The summed E-state index contributed by atoms with van der Waals surface area (Å²) in [7, 11) is 0. The number of rotatable bonds is 2. The van der Waals surface area contributed by atoms with Crippen molar-refractivity contribution in [2.24, 2.45) is 0 Å². The van der Waals surface area contributed by atoms with Gasteiger partial charge in [0.2, 0.25) is 0 Å². The van der Waals surface area contributed by atoms with Gasteiger partial charge in [-0.1, -0.05) is 17.7 Å². The van der Waals surface area contributed by atoms with Gasteiger partial charge in [0.05, 0.1) is 23.2 Å². The van der Waals surface area contributed by atoms with E-state index in [-0.39, 0.29) is 5.69 Å². The van der Waals surface area contributed by atoms with E-state index < -0.39 is 11.2 Å². The second kappa shape index (κ2) is 4.78. The molecular weight excluding hydrogens is 234 g/mol. The molecule has 0 radical (unpaired) electrons. The van der Waals surface area contributed by atoms with Crippen LogP contribution in [0.4, 0.5) is 5.69 Å². The highest BCUT2D eigenvalue weighted by molar-refractivity contribution is 6.31. The molecule has 16 heavy (non-hydrogen) atoms.